The molecule has 0 aliphatic rings. The summed E-state index contributed by atoms with van der Waals surface area (Å²) < 4.78 is 45.3. The number of alkyl halides is 3. The van der Waals surface area contributed by atoms with E-state index in [4.69, 9.17) is 4.74 Å². The molecule has 2 rings (SSSR count). The highest BCUT2D eigenvalue weighted by Gasteiger charge is 2.37. The van der Waals surface area contributed by atoms with Gasteiger partial charge in [0.25, 0.3) is 0 Å². The summed E-state index contributed by atoms with van der Waals surface area (Å²) in [6, 6.07) is 4.91. The molecule has 1 aromatic heterocycles. The molecule has 8 heteroatoms. The van der Waals surface area contributed by atoms with E-state index in [0.717, 1.165) is 6.07 Å². The first-order chi connectivity index (χ1) is 11.6. The zero-order chi connectivity index (χ0) is 18.7. The average molecular weight is 353 g/mol. The van der Waals surface area contributed by atoms with Crippen molar-refractivity contribution in [3.63, 3.8) is 0 Å². The summed E-state index contributed by atoms with van der Waals surface area (Å²) in [5.41, 5.74) is -1.61. The van der Waals surface area contributed by atoms with Crippen molar-refractivity contribution in [1.29, 1.82) is 0 Å². The number of rotatable bonds is 3. The molecule has 1 heterocycles. The molecule has 0 bridgehead atoms. The summed E-state index contributed by atoms with van der Waals surface area (Å²) in [5.74, 6) is 0. The molecule has 0 saturated carbocycles. The summed E-state index contributed by atoms with van der Waals surface area (Å²) in [7, 11) is 0. The van der Waals surface area contributed by atoms with Crippen LogP contribution in [0.15, 0.2) is 42.9 Å². The van der Waals surface area contributed by atoms with Crippen molar-refractivity contribution in [2.45, 2.75) is 38.6 Å². The predicted molar refractivity (Wildman–Crippen MR) is 84.7 cm³/mol. The van der Waals surface area contributed by atoms with Crippen LogP contribution in [0, 0.1) is 0 Å². The molecule has 2 aromatic rings. The number of nitrogens with one attached hydrogen (secondary N) is 1. The van der Waals surface area contributed by atoms with Gasteiger partial charge in [-0.3, -0.25) is 9.97 Å². The summed E-state index contributed by atoms with van der Waals surface area (Å²) in [6.07, 6.45) is -2.81. The van der Waals surface area contributed by atoms with E-state index < -0.39 is 29.5 Å². The third-order valence-corrected chi connectivity index (χ3v) is 3.10. The van der Waals surface area contributed by atoms with Crippen molar-refractivity contribution in [1.82, 2.24) is 15.3 Å². The molecular weight excluding hydrogens is 335 g/mol. The third-order valence-electron chi connectivity index (χ3n) is 3.10. The molecule has 1 unspecified atom stereocenters. The van der Waals surface area contributed by atoms with Gasteiger partial charge >= 0.3 is 12.3 Å². The van der Waals surface area contributed by atoms with Crippen molar-refractivity contribution in [3.8, 4) is 0 Å². The van der Waals surface area contributed by atoms with Crippen LogP contribution in [0.5, 0.6) is 0 Å². The fourth-order valence-electron chi connectivity index (χ4n) is 2.16. The number of hydrogen-bond donors (Lipinski definition) is 1. The molecule has 0 saturated heterocycles. The number of ether oxygens (including phenoxy) is 1. The van der Waals surface area contributed by atoms with Gasteiger partial charge in [-0.15, -0.1) is 0 Å². The van der Waals surface area contributed by atoms with Gasteiger partial charge in [0.15, 0.2) is 6.10 Å². The first kappa shape index (κ1) is 18.7. The molecule has 1 aromatic carbocycles. The van der Waals surface area contributed by atoms with Gasteiger partial charge in [0.1, 0.15) is 5.69 Å². The molecular formula is C17H18F3N3O2. The molecule has 0 aliphatic heterocycles. The third kappa shape index (κ3) is 5.17. The second-order valence-corrected chi connectivity index (χ2v) is 6.38. The SMILES string of the molecule is CC(C)(C)NC(=O)OC(c1cnccn1)c1ccccc1C(F)(F)F. The number of nitrogens with zero attached hydrogens (tertiary/aromatic N) is 2. The minimum atomic E-state index is -4.60. The summed E-state index contributed by atoms with van der Waals surface area (Å²) in [5, 5.41) is 2.56. The normalized spacial score (nSPS) is 13.2. The molecule has 134 valence electrons. The van der Waals surface area contributed by atoms with Crippen LogP contribution in [-0.4, -0.2) is 21.6 Å². The number of aromatic nitrogens is 2. The second kappa shape index (κ2) is 7.08. The van der Waals surface area contributed by atoms with E-state index in [-0.39, 0.29) is 11.3 Å². The second-order valence-electron chi connectivity index (χ2n) is 6.38. The summed E-state index contributed by atoms with van der Waals surface area (Å²) >= 11 is 0. The van der Waals surface area contributed by atoms with Crippen LogP contribution in [-0.2, 0) is 10.9 Å². The van der Waals surface area contributed by atoms with Crippen LogP contribution in [0.3, 0.4) is 0 Å². The monoisotopic (exact) mass is 353 g/mol. The number of carbonyl (C=O) groups excluding carboxylic acids is 1. The lowest BCUT2D eigenvalue weighted by Gasteiger charge is -2.25. The van der Waals surface area contributed by atoms with Crippen molar-refractivity contribution in [2.24, 2.45) is 0 Å². The van der Waals surface area contributed by atoms with Crippen molar-refractivity contribution in [3.05, 3.63) is 59.7 Å². The van der Waals surface area contributed by atoms with E-state index in [9.17, 15) is 18.0 Å². The quantitative estimate of drug-likeness (QED) is 0.902. The number of amides is 1. The highest BCUT2D eigenvalue weighted by molar-refractivity contribution is 5.69. The molecule has 0 radical (unpaired) electrons. The molecule has 1 amide bonds. The first-order valence-electron chi connectivity index (χ1n) is 7.49. The smallest absolute Gasteiger partial charge is 0.416 e. The van der Waals surface area contributed by atoms with Crippen LogP contribution in [0.4, 0.5) is 18.0 Å². The number of alkyl carbamates (subject to hydrolysis) is 1. The Bertz CT molecular complexity index is 728. The molecule has 5 nitrogen and oxygen atoms in total. The van der Waals surface area contributed by atoms with Gasteiger partial charge in [-0.1, -0.05) is 18.2 Å². The van der Waals surface area contributed by atoms with E-state index in [1.165, 1.54) is 36.8 Å². The molecule has 1 atom stereocenters. The average Bonchev–Trinajstić information content (AvgIpc) is 2.51. The van der Waals surface area contributed by atoms with Crippen molar-refractivity contribution >= 4 is 6.09 Å². The highest BCUT2D eigenvalue weighted by Crippen LogP contribution is 2.37. The lowest BCUT2D eigenvalue weighted by Crippen LogP contribution is -2.41. The fourth-order valence-corrected chi connectivity index (χ4v) is 2.16. The fraction of sp³-hybridized carbons (Fsp3) is 0.353. The minimum Gasteiger partial charge on any atom is -0.435 e. The highest BCUT2D eigenvalue weighted by atomic mass is 19.4. The van der Waals surface area contributed by atoms with E-state index in [2.05, 4.69) is 15.3 Å². The van der Waals surface area contributed by atoms with Crippen LogP contribution >= 0.6 is 0 Å². The Labute approximate surface area is 143 Å². The number of carbonyl (C=O) groups is 1. The zero-order valence-corrected chi connectivity index (χ0v) is 14.0. The Balaban J connectivity index is 2.46. The number of halogens is 3. The lowest BCUT2D eigenvalue weighted by atomic mass is 10.00. The Morgan fingerprint density at radius 3 is 2.40 bits per heavy atom. The predicted octanol–water partition coefficient (Wildman–Crippen LogP) is 4.11. The standard InChI is InChI=1S/C17H18F3N3O2/c1-16(2,3)23-15(24)25-14(13-10-21-8-9-22-13)11-6-4-5-7-12(11)17(18,19)20/h4-10,14H,1-3H3,(H,23,24). The number of benzene rings is 1. The summed E-state index contributed by atoms with van der Waals surface area (Å²) in [6.45, 7) is 5.19. The van der Waals surface area contributed by atoms with Crippen LogP contribution in [0.1, 0.15) is 43.7 Å². The van der Waals surface area contributed by atoms with Gasteiger partial charge in [-0.2, -0.15) is 13.2 Å². The largest absolute Gasteiger partial charge is 0.435 e. The van der Waals surface area contributed by atoms with Gasteiger partial charge in [-0.25, -0.2) is 4.79 Å². The molecule has 0 aliphatic carbocycles. The van der Waals surface area contributed by atoms with Gasteiger partial charge < -0.3 is 10.1 Å². The lowest BCUT2D eigenvalue weighted by molar-refractivity contribution is -0.139. The topological polar surface area (TPSA) is 64.1 Å². The van der Waals surface area contributed by atoms with Crippen LogP contribution in [0.25, 0.3) is 0 Å². The minimum absolute atomic E-state index is 0.100. The zero-order valence-electron chi connectivity index (χ0n) is 14.0. The van der Waals surface area contributed by atoms with E-state index >= 15 is 0 Å². The van der Waals surface area contributed by atoms with Crippen LogP contribution < -0.4 is 5.32 Å². The Morgan fingerprint density at radius 2 is 1.84 bits per heavy atom. The summed E-state index contributed by atoms with van der Waals surface area (Å²) in [4.78, 5) is 20.0. The van der Waals surface area contributed by atoms with E-state index in [0.29, 0.717) is 0 Å². The Morgan fingerprint density at radius 1 is 1.16 bits per heavy atom. The maximum absolute atomic E-state index is 13.3. The first-order valence-corrected chi connectivity index (χ1v) is 7.49. The molecule has 0 fully saturated rings. The van der Waals surface area contributed by atoms with Gasteiger partial charge in [0.05, 0.1) is 11.8 Å². The van der Waals surface area contributed by atoms with E-state index in [1.807, 2.05) is 0 Å². The van der Waals surface area contributed by atoms with Gasteiger partial charge in [0, 0.05) is 23.5 Å². The van der Waals surface area contributed by atoms with Gasteiger partial charge in [-0.05, 0) is 26.8 Å². The molecule has 25 heavy (non-hydrogen) atoms. The Kier molecular flexibility index (Phi) is 5.30. The van der Waals surface area contributed by atoms with Crippen LogP contribution in [0.2, 0.25) is 0 Å². The van der Waals surface area contributed by atoms with Crippen molar-refractivity contribution in [2.75, 3.05) is 0 Å². The Hall–Kier alpha value is -2.64. The van der Waals surface area contributed by atoms with Gasteiger partial charge in [0.2, 0.25) is 0 Å². The maximum atomic E-state index is 13.3. The van der Waals surface area contributed by atoms with E-state index in [1.54, 1.807) is 20.8 Å². The van der Waals surface area contributed by atoms with Crippen molar-refractivity contribution < 1.29 is 22.7 Å². The number of hydrogen-bond acceptors (Lipinski definition) is 4. The maximum Gasteiger partial charge on any atom is 0.416 e. The molecule has 0 spiro atoms. The molecule has 1 N–H and O–H groups in total.